The van der Waals surface area contributed by atoms with Crippen LogP contribution in [0.4, 0.5) is 0 Å². The summed E-state index contributed by atoms with van der Waals surface area (Å²) in [5.41, 5.74) is 1.96. The number of rotatable bonds is 6. The lowest BCUT2D eigenvalue weighted by Gasteiger charge is -2.37. The number of fused-ring (bicyclic) bond motifs is 1. The monoisotopic (exact) mass is 460 g/mol. The molecule has 0 aromatic heterocycles. The number of hydrogen-bond donors (Lipinski definition) is 0. The number of carbonyl (C=O) groups excluding carboxylic acids is 1. The largest absolute Gasteiger partial charge is 0.493 e. The minimum atomic E-state index is -0.204. The number of Topliss-reactive ketones (excluding diaryl/α,β-unsaturated/α-hetero) is 1. The van der Waals surface area contributed by atoms with E-state index in [1.165, 1.54) is 6.26 Å². The van der Waals surface area contributed by atoms with Gasteiger partial charge in [0.05, 0.1) is 18.6 Å². The number of allylic oxidation sites excluding steroid dienone is 1. The second-order valence-electron chi connectivity index (χ2n) is 8.40. The van der Waals surface area contributed by atoms with Crippen LogP contribution in [0.1, 0.15) is 50.2 Å². The van der Waals surface area contributed by atoms with Gasteiger partial charge in [-0.05, 0) is 48.1 Å². The minimum Gasteiger partial charge on any atom is -0.493 e. The first-order valence-electron chi connectivity index (χ1n) is 10.6. The summed E-state index contributed by atoms with van der Waals surface area (Å²) in [6, 6.07) is 13.2. The molecule has 0 N–H and O–H groups in total. The first kappa shape index (κ1) is 22.2. The molecule has 1 fully saturated rings. The topological polar surface area (TPSA) is 44.8 Å². The van der Waals surface area contributed by atoms with Gasteiger partial charge in [-0.3, -0.25) is 4.79 Å². The van der Waals surface area contributed by atoms with Gasteiger partial charge in [-0.15, -0.1) is 0 Å². The predicted octanol–water partition coefficient (Wildman–Crippen LogP) is 6.69. The quantitative estimate of drug-likeness (QED) is 0.481. The van der Waals surface area contributed by atoms with Crippen LogP contribution >= 0.6 is 23.2 Å². The van der Waals surface area contributed by atoms with Gasteiger partial charge in [-0.2, -0.15) is 0 Å². The molecule has 0 amide bonds. The van der Waals surface area contributed by atoms with E-state index in [9.17, 15) is 4.79 Å². The highest BCUT2D eigenvalue weighted by Crippen LogP contribution is 2.36. The molecular formula is C25H26Cl2O4. The Hall–Kier alpha value is -2.01. The normalized spacial score (nSPS) is 23.2. The molecule has 0 spiro atoms. The fourth-order valence-electron chi connectivity index (χ4n) is 4.17. The predicted molar refractivity (Wildman–Crippen MR) is 122 cm³/mol. The molecule has 1 aliphatic heterocycles. The lowest BCUT2D eigenvalue weighted by atomic mass is 9.80. The van der Waals surface area contributed by atoms with Gasteiger partial charge in [-0.25, -0.2) is 0 Å². The highest BCUT2D eigenvalue weighted by molar-refractivity contribution is 6.35. The lowest BCUT2D eigenvalue weighted by Crippen LogP contribution is -2.42. The minimum absolute atomic E-state index is 0.00834. The van der Waals surface area contributed by atoms with Crippen LogP contribution in [0.25, 0.3) is 0 Å². The van der Waals surface area contributed by atoms with Crippen molar-refractivity contribution < 1.29 is 19.0 Å². The van der Waals surface area contributed by atoms with Gasteiger partial charge in [0.1, 0.15) is 18.1 Å². The maximum atomic E-state index is 13.1. The SMILES string of the molecule is CC(C)c1ccccc1OC1=COC2CC(OCc3ccc(Cl)cc3Cl)CCC2C1=O. The zero-order chi connectivity index (χ0) is 22.0. The Labute approximate surface area is 193 Å². The summed E-state index contributed by atoms with van der Waals surface area (Å²) < 4.78 is 18.0. The molecule has 164 valence electrons. The fraction of sp³-hybridized carbons (Fsp3) is 0.400. The molecule has 1 aliphatic carbocycles. The number of para-hydroxylation sites is 1. The van der Waals surface area contributed by atoms with Gasteiger partial charge in [0, 0.05) is 16.5 Å². The van der Waals surface area contributed by atoms with Crippen LogP contribution in [-0.2, 0) is 20.9 Å². The number of ether oxygens (including phenoxy) is 3. The molecule has 2 aliphatic rings. The molecule has 0 bridgehead atoms. The summed E-state index contributed by atoms with van der Waals surface area (Å²) in [6.45, 7) is 4.61. The molecule has 1 saturated carbocycles. The zero-order valence-electron chi connectivity index (χ0n) is 17.6. The van der Waals surface area contributed by atoms with Crippen molar-refractivity contribution in [1.29, 1.82) is 0 Å². The van der Waals surface area contributed by atoms with E-state index in [-0.39, 0.29) is 29.7 Å². The van der Waals surface area contributed by atoms with Crippen LogP contribution in [0.2, 0.25) is 10.0 Å². The Morgan fingerprint density at radius 2 is 1.94 bits per heavy atom. The number of ketones is 1. The standard InChI is InChI=1S/C25H26Cl2O4/c1-15(2)19-5-3-4-6-22(19)31-24-14-30-23-12-18(9-10-20(23)25(24)28)29-13-16-7-8-17(26)11-21(16)27/h3-8,11,14-15,18,20,23H,9-10,12-13H2,1-2H3. The molecule has 6 heteroatoms. The van der Waals surface area contributed by atoms with Crippen LogP contribution in [-0.4, -0.2) is 18.0 Å². The molecule has 0 radical (unpaired) electrons. The maximum Gasteiger partial charge on any atom is 0.207 e. The number of halogens is 2. The Kier molecular flexibility index (Phi) is 6.90. The van der Waals surface area contributed by atoms with Crippen molar-refractivity contribution in [2.45, 2.75) is 57.8 Å². The van der Waals surface area contributed by atoms with Gasteiger partial charge in [0.15, 0.2) is 0 Å². The van der Waals surface area contributed by atoms with E-state index in [4.69, 9.17) is 37.4 Å². The highest BCUT2D eigenvalue weighted by Gasteiger charge is 2.41. The summed E-state index contributed by atoms with van der Waals surface area (Å²) in [6.07, 6.45) is 3.44. The van der Waals surface area contributed by atoms with E-state index < -0.39 is 0 Å². The Morgan fingerprint density at radius 3 is 2.71 bits per heavy atom. The molecule has 4 nitrogen and oxygen atoms in total. The Morgan fingerprint density at radius 1 is 1.13 bits per heavy atom. The van der Waals surface area contributed by atoms with Crippen molar-refractivity contribution in [2.75, 3.05) is 0 Å². The first-order valence-corrected chi connectivity index (χ1v) is 11.4. The summed E-state index contributed by atoms with van der Waals surface area (Å²) in [5.74, 6) is 1.09. The number of carbonyl (C=O) groups is 1. The van der Waals surface area contributed by atoms with Gasteiger partial charge in [0.25, 0.3) is 0 Å². The molecule has 4 rings (SSSR count). The summed E-state index contributed by atoms with van der Waals surface area (Å²) in [7, 11) is 0. The second-order valence-corrected chi connectivity index (χ2v) is 9.25. The molecule has 0 saturated heterocycles. The summed E-state index contributed by atoms with van der Waals surface area (Å²) in [5, 5.41) is 1.20. The molecule has 2 aromatic carbocycles. The number of hydrogen-bond acceptors (Lipinski definition) is 4. The Bertz CT molecular complexity index is 985. The summed E-state index contributed by atoms with van der Waals surface area (Å²) in [4.78, 5) is 13.1. The second kappa shape index (κ2) is 9.64. The zero-order valence-corrected chi connectivity index (χ0v) is 19.2. The third kappa shape index (κ3) is 5.08. The smallest absolute Gasteiger partial charge is 0.207 e. The van der Waals surface area contributed by atoms with Crippen LogP contribution in [0.5, 0.6) is 5.75 Å². The van der Waals surface area contributed by atoms with Crippen LogP contribution in [0.3, 0.4) is 0 Å². The molecule has 3 unspecified atom stereocenters. The number of benzene rings is 2. The van der Waals surface area contributed by atoms with Gasteiger partial charge < -0.3 is 14.2 Å². The van der Waals surface area contributed by atoms with Crippen LogP contribution < -0.4 is 4.74 Å². The van der Waals surface area contributed by atoms with Crippen molar-refractivity contribution in [3.05, 3.63) is 75.7 Å². The molecule has 3 atom stereocenters. The molecule has 31 heavy (non-hydrogen) atoms. The Balaban J connectivity index is 1.38. The van der Waals surface area contributed by atoms with E-state index in [1.807, 2.05) is 30.3 Å². The fourth-order valence-corrected chi connectivity index (χ4v) is 4.64. The van der Waals surface area contributed by atoms with E-state index >= 15 is 0 Å². The average Bonchev–Trinajstić information content (AvgIpc) is 2.75. The van der Waals surface area contributed by atoms with Gasteiger partial charge in [0.2, 0.25) is 11.5 Å². The van der Waals surface area contributed by atoms with E-state index in [0.717, 1.165) is 17.5 Å². The third-order valence-corrected chi connectivity index (χ3v) is 6.51. The third-order valence-electron chi connectivity index (χ3n) is 5.92. The molecule has 2 aromatic rings. The molecular weight excluding hydrogens is 435 g/mol. The first-order chi connectivity index (χ1) is 14.9. The maximum absolute atomic E-state index is 13.1. The molecule has 1 heterocycles. The van der Waals surface area contributed by atoms with Gasteiger partial charge >= 0.3 is 0 Å². The van der Waals surface area contributed by atoms with E-state index in [2.05, 4.69) is 13.8 Å². The van der Waals surface area contributed by atoms with Gasteiger partial charge in [-0.1, -0.05) is 61.3 Å². The average molecular weight is 461 g/mol. The van der Waals surface area contributed by atoms with Crippen molar-refractivity contribution in [1.82, 2.24) is 0 Å². The van der Waals surface area contributed by atoms with E-state index in [1.54, 1.807) is 12.1 Å². The van der Waals surface area contributed by atoms with Crippen molar-refractivity contribution in [3.63, 3.8) is 0 Å². The lowest BCUT2D eigenvalue weighted by molar-refractivity contribution is -0.134. The van der Waals surface area contributed by atoms with Crippen LogP contribution in [0.15, 0.2) is 54.5 Å². The van der Waals surface area contributed by atoms with Crippen molar-refractivity contribution >= 4 is 29.0 Å². The highest BCUT2D eigenvalue weighted by atomic mass is 35.5. The summed E-state index contributed by atoms with van der Waals surface area (Å²) >= 11 is 12.2. The van der Waals surface area contributed by atoms with Crippen molar-refractivity contribution in [3.8, 4) is 5.75 Å². The van der Waals surface area contributed by atoms with Crippen molar-refractivity contribution in [2.24, 2.45) is 5.92 Å². The van der Waals surface area contributed by atoms with E-state index in [0.29, 0.717) is 41.2 Å². The van der Waals surface area contributed by atoms with Crippen LogP contribution in [0, 0.1) is 5.92 Å².